The third-order valence-corrected chi connectivity index (χ3v) is 9.07. The van der Waals surface area contributed by atoms with Crippen molar-refractivity contribution in [3.8, 4) is 17.2 Å². The summed E-state index contributed by atoms with van der Waals surface area (Å²) in [6.07, 6.45) is -0.378. The highest BCUT2D eigenvalue weighted by Crippen LogP contribution is 2.33. The van der Waals surface area contributed by atoms with Gasteiger partial charge in [-0.15, -0.1) is 0 Å². The van der Waals surface area contributed by atoms with Gasteiger partial charge in [0.05, 0.1) is 24.0 Å². The molecule has 10 nitrogen and oxygen atoms in total. The number of benzene rings is 3. The fourth-order valence-electron chi connectivity index (χ4n) is 5.26. The lowest BCUT2D eigenvalue weighted by molar-refractivity contribution is -0.134. The monoisotopic (exact) mass is 613 g/mol. The van der Waals surface area contributed by atoms with Gasteiger partial charge in [-0.25, -0.2) is 12.8 Å². The van der Waals surface area contributed by atoms with Crippen LogP contribution >= 0.6 is 0 Å². The van der Waals surface area contributed by atoms with Crippen LogP contribution < -0.4 is 18.9 Å². The lowest BCUT2D eigenvalue weighted by atomic mass is 10.0. The largest absolute Gasteiger partial charge is 0.488 e. The van der Waals surface area contributed by atoms with Crippen LogP contribution in [0.15, 0.2) is 65.6 Å². The van der Waals surface area contributed by atoms with E-state index in [4.69, 9.17) is 14.2 Å². The Morgan fingerprint density at radius 3 is 2.53 bits per heavy atom. The minimum Gasteiger partial charge on any atom is -0.488 e. The molecule has 5 rings (SSSR count). The summed E-state index contributed by atoms with van der Waals surface area (Å²) in [5.74, 6) is 1.07. The van der Waals surface area contributed by atoms with Gasteiger partial charge in [0.15, 0.2) is 11.5 Å². The highest BCUT2D eigenvalue weighted by Gasteiger charge is 2.31. The number of likely N-dealkylation sites (N-methyl/N-ethyl adjacent to an activating group) is 1. The maximum absolute atomic E-state index is 13.5. The number of carbonyl (C=O) groups excluding carboxylic acids is 1. The van der Waals surface area contributed by atoms with Crippen molar-refractivity contribution >= 4 is 21.6 Å². The van der Waals surface area contributed by atoms with Gasteiger partial charge in [-0.05, 0) is 74.1 Å². The van der Waals surface area contributed by atoms with Crippen molar-refractivity contribution in [2.45, 2.75) is 43.9 Å². The molecule has 3 aromatic rings. The van der Waals surface area contributed by atoms with E-state index in [1.807, 2.05) is 32.2 Å². The topological polar surface area (TPSA) is 118 Å². The smallest absolute Gasteiger partial charge is 0.261 e. The normalized spacial score (nSPS) is 19.2. The van der Waals surface area contributed by atoms with Crippen LogP contribution in [0.2, 0.25) is 0 Å². The fraction of sp³-hybridized carbons (Fsp3) is 0.387. The third-order valence-electron chi connectivity index (χ3n) is 7.67. The molecule has 0 fully saturated rings. The Bertz CT molecular complexity index is 1570. The summed E-state index contributed by atoms with van der Waals surface area (Å²) >= 11 is 0. The van der Waals surface area contributed by atoms with Gasteiger partial charge in [-0.1, -0.05) is 13.0 Å². The Hall–Kier alpha value is -3.87. The molecule has 3 aromatic carbocycles. The van der Waals surface area contributed by atoms with Crippen molar-refractivity contribution < 1.29 is 36.9 Å². The molecule has 230 valence electrons. The quantitative estimate of drug-likeness (QED) is 0.376. The van der Waals surface area contributed by atoms with Crippen LogP contribution in [0.4, 0.5) is 10.1 Å². The Balaban J connectivity index is 1.40. The number of aliphatic hydroxyl groups excluding tert-OH is 1. The van der Waals surface area contributed by atoms with Crippen LogP contribution in [-0.2, 0) is 27.8 Å². The van der Waals surface area contributed by atoms with Crippen molar-refractivity contribution in [1.29, 1.82) is 0 Å². The van der Waals surface area contributed by atoms with Crippen LogP contribution in [-0.4, -0.2) is 74.9 Å². The average Bonchev–Trinajstić information content (AvgIpc) is 3.45. The van der Waals surface area contributed by atoms with E-state index in [2.05, 4.69) is 9.62 Å². The predicted octanol–water partition coefficient (Wildman–Crippen LogP) is 3.64. The zero-order valence-electron chi connectivity index (χ0n) is 24.3. The van der Waals surface area contributed by atoms with Gasteiger partial charge in [0.25, 0.3) is 10.0 Å². The third kappa shape index (κ3) is 7.20. The molecule has 12 heteroatoms. The minimum absolute atomic E-state index is 0.0434. The Labute approximate surface area is 251 Å². The summed E-state index contributed by atoms with van der Waals surface area (Å²) in [4.78, 5) is 17.2. The second-order valence-corrected chi connectivity index (χ2v) is 12.8. The van der Waals surface area contributed by atoms with Crippen molar-refractivity contribution in [2.24, 2.45) is 5.92 Å². The number of nitrogens with zero attached hydrogens (tertiary/aromatic N) is 2. The van der Waals surface area contributed by atoms with E-state index in [0.717, 1.165) is 23.4 Å². The molecule has 3 atom stereocenters. The Morgan fingerprint density at radius 2 is 1.79 bits per heavy atom. The van der Waals surface area contributed by atoms with Crippen LogP contribution in [0.3, 0.4) is 0 Å². The molecule has 0 aromatic heterocycles. The van der Waals surface area contributed by atoms with Gasteiger partial charge in [0, 0.05) is 36.8 Å². The summed E-state index contributed by atoms with van der Waals surface area (Å²) in [7, 11) is -2.01. The van der Waals surface area contributed by atoms with E-state index >= 15 is 0 Å². The lowest BCUT2D eigenvalue weighted by Gasteiger charge is -2.34. The number of amides is 1. The summed E-state index contributed by atoms with van der Waals surface area (Å²) in [5, 5.41) is 9.91. The average molecular weight is 614 g/mol. The molecule has 0 unspecified atom stereocenters. The zero-order chi connectivity index (χ0) is 30.7. The number of aliphatic hydroxyl groups is 1. The first kappa shape index (κ1) is 30.6. The maximum Gasteiger partial charge on any atom is 0.261 e. The van der Waals surface area contributed by atoms with Crippen molar-refractivity contribution in [3.05, 3.63) is 77.6 Å². The number of anilines is 1. The van der Waals surface area contributed by atoms with Crippen LogP contribution in [0, 0.1) is 11.7 Å². The van der Waals surface area contributed by atoms with Gasteiger partial charge in [0.1, 0.15) is 17.7 Å². The molecule has 2 N–H and O–H groups in total. The molecule has 0 aliphatic carbocycles. The molecular formula is C31H36FN3O7S. The molecule has 2 heterocycles. The number of sulfonamides is 1. The summed E-state index contributed by atoms with van der Waals surface area (Å²) < 4.78 is 59.2. The minimum atomic E-state index is -4.00. The van der Waals surface area contributed by atoms with Crippen molar-refractivity contribution in [3.63, 3.8) is 0 Å². The Morgan fingerprint density at radius 1 is 1.07 bits per heavy atom. The number of nitrogens with one attached hydrogen (secondary N) is 1. The van der Waals surface area contributed by atoms with E-state index in [1.54, 1.807) is 30.0 Å². The number of rotatable bonds is 9. The molecule has 0 saturated heterocycles. The summed E-state index contributed by atoms with van der Waals surface area (Å²) in [5.41, 5.74) is 1.80. The van der Waals surface area contributed by atoms with E-state index in [-0.39, 0.29) is 48.3 Å². The molecule has 2 aliphatic rings. The maximum atomic E-state index is 13.5. The molecular weight excluding hydrogens is 577 g/mol. The van der Waals surface area contributed by atoms with E-state index in [0.29, 0.717) is 36.7 Å². The molecule has 0 radical (unpaired) electrons. The first-order valence-electron chi connectivity index (χ1n) is 14.1. The zero-order valence-corrected chi connectivity index (χ0v) is 25.1. The second kappa shape index (κ2) is 12.8. The van der Waals surface area contributed by atoms with Gasteiger partial charge in [-0.2, -0.15) is 0 Å². The number of halogens is 1. The van der Waals surface area contributed by atoms with Crippen molar-refractivity contribution in [1.82, 2.24) is 9.80 Å². The standard InChI is InChI=1S/C31H36FN3O7S/c1-20-15-35(21(2)18-36)31(37)14-23-13-25(33-43(38,39)26-8-5-24(32)6-9-26)7-11-27(23)42-30(20)17-34(3)16-22-4-10-28-29(12-22)41-19-40-28/h4-13,20-21,30,33,36H,14-19H2,1-3H3/t20-,21-,30-/m1/s1. The molecule has 0 bridgehead atoms. The second-order valence-electron chi connectivity index (χ2n) is 11.2. The van der Waals surface area contributed by atoms with Gasteiger partial charge >= 0.3 is 0 Å². The van der Waals surface area contributed by atoms with Crippen LogP contribution in [0.5, 0.6) is 17.2 Å². The van der Waals surface area contributed by atoms with E-state index in [1.165, 1.54) is 12.1 Å². The number of carbonyl (C=O) groups is 1. The molecule has 1 amide bonds. The predicted molar refractivity (Wildman–Crippen MR) is 158 cm³/mol. The first-order valence-corrected chi connectivity index (χ1v) is 15.6. The molecule has 2 aliphatic heterocycles. The highest BCUT2D eigenvalue weighted by molar-refractivity contribution is 7.92. The van der Waals surface area contributed by atoms with E-state index < -0.39 is 21.9 Å². The van der Waals surface area contributed by atoms with Crippen LogP contribution in [0.25, 0.3) is 0 Å². The first-order chi connectivity index (χ1) is 20.5. The molecule has 0 spiro atoms. The van der Waals surface area contributed by atoms with Crippen LogP contribution in [0.1, 0.15) is 25.0 Å². The van der Waals surface area contributed by atoms with Gasteiger partial charge in [0.2, 0.25) is 12.7 Å². The number of hydrogen-bond donors (Lipinski definition) is 2. The molecule has 43 heavy (non-hydrogen) atoms. The summed E-state index contributed by atoms with van der Waals surface area (Å²) in [6.45, 7) is 5.34. The highest BCUT2D eigenvalue weighted by atomic mass is 32.2. The molecule has 0 saturated carbocycles. The lowest BCUT2D eigenvalue weighted by Crippen LogP contribution is -2.47. The Kier molecular flexibility index (Phi) is 9.09. The SMILES string of the molecule is C[C@@H]1CN([C@H](C)CO)C(=O)Cc2cc(NS(=O)(=O)c3ccc(F)cc3)ccc2O[C@@H]1CN(C)Cc1ccc2c(c1)OCO2. The summed E-state index contributed by atoms with van der Waals surface area (Å²) in [6, 6.07) is 14.8. The number of fused-ring (bicyclic) bond motifs is 2. The van der Waals surface area contributed by atoms with Gasteiger partial charge < -0.3 is 24.2 Å². The van der Waals surface area contributed by atoms with E-state index in [9.17, 15) is 22.7 Å². The van der Waals surface area contributed by atoms with Crippen molar-refractivity contribution in [2.75, 3.05) is 38.3 Å². The fourth-order valence-corrected chi connectivity index (χ4v) is 6.31. The number of ether oxygens (including phenoxy) is 3. The van der Waals surface area contributed by atoms with Gasteiger partial charge in [-0.3, -0.25) is 14.4 Å². The number of hydrogen-bond acceptors (Lipinski definition) is 8.